The monoisotopic (exact) mass is 685 g/mol. The molecule has 7 rings (SSSR count). The zero-order chi connectivity index (χ0) is 36.6. The Labute approximate surface area is 299 Å². The number of fused-ring (bicyclic) bond motifs is 4. The van der Waals surface area contributed by atoms with E-state index in [1.807, 2.05) is 47.4 Å². The summed E-state index contributed by atoms with van der Waals surface area (Å²) in [4.78, 5) is 29.1. The van der Waals surface area contributed by atoms with Gasteiger partial charge >= 0.3 is 5.97 Å². The van der Waals surface area contributed by atoms with Crippen molar-refractivity contribution in [2.75, 3.05) is 18.1 Å². The minimum atomic E-state index is -0.980. The average Bonchev–Trinajstić information content (AvgIpc) is 3.67. The number of carboxylic acids is 1. The molecule has 3 aromatic carbocycles. The molecule has 0 unspecified atom stereocenters. The van der Waals surface area contributed by atoms with E-state index >= 15 is 4.79 Å². The molecule has 1 N–H and O–H groups in total. The number of ether oxygens (including phenoxy) is 1. The summed E-state index contributed by atoms with van der Waals surface area (Å²) in [5.74, 6) is -0.201. The van der Waals surface area contributed by atoms with Crippen LogP contribution in [0.4, 0.5) is 5.69 Å². The van der Waals surface area contributed by atoms with Gasteiger partial charge in [0.1, 0.15) is 11.4 Å². The van der Waals surface area contributed by atoms with E-state index in [2.05, 4.69) is 77.3 Å². The highest BCUT2D eigenvalue weighted by Gasteiger charge is 2.37. The summed E-state index contributed by atoms with van der Waals surface area (Å²) in [6, 6.07) is 12.1. The maximum absolute atomic E-state index is 15.1. The lowest BCUT2D eigenvalue weighted by Gasteiger charge is -2.34. The van der Waals surface area contributed by atoms with Crippen LogP contribution in [0.1, 0.15) is 85.0 Å². The smallest absolute Gasteiger partial charge is 0.335 e. The van der Waals surface area contributed by atoms with Crippen molar-refractivity contribution in [3.63, 3.8) is 0 Å². The minimum Gasteiger partial charge on any atom is -0.494 e. The molecule has 264 valence electrons. The molecule has 1 aliphatic rings. The molecule has 0 bridgehead atoms. The summed E-state index contributed by atoms with van der Waals surface area (Å²) in [7, 11) is 3.92. The second kappa shape index (κ2) is 12.5. The van der Waals surface area contributed by atoms with Crippen LogP contribution in [0.3, 0.4) is 0 Å². The number of hydrogen-bond acceptors (Lipinski definition) is 4. The van der Waals surface area contributed by atoms with Crippen molar-refractivity contribution in [3.05, 3.63) is 98.6 Å². The molecule has 1 amide bonds. The first kappa shape index (κ1) is 34.2. The molecule has 0 radical (unpaired) electrons. The number of carbonyl (C=O) groups excluding carboxylic acids is 1. The van der Waals surface area contributed by atoms with Gasteiger partial charge in [-0.3, -0.25) is 9.48 Å². The molecule has 3 aromatic heterocycles. The third kappa shape index (κ3) is 5.41. The van der Waals surface area contributed by atoms with Crippen molar-refractivity contribution in [2.45, 2.75) is 74.3 Å². The number of benzene rings is 3. The SMILES string of the molecule is Cc1cc2c(cc1C(=O)O)c(N1C[C@@H](C)n3c(c(CCCOc4cc(C)c(C)c(C)c4)c4ccc(C)c(-c5c(C)nn(C)c5C)c43)C1=O)cn2C. The Morgan fingerprint density at radius 3 is 2.27 bits per heavy atom. The van der Waals surface area contributed by atoms with Crippen LogP contribution < -0.4 is 9.64 Å². The standard InChI is InChI=1S/C42H47N5O4/c1-22-13-14-32-31(12-11-15-51-30-16-23(2)27(6)24(3)17-30)40-41(48)46(36-21-44(9)35-18-25(4)33(42(49)50)19-34(35)36)20-26(5)47(40)39(32)37(22)38-28(7)43-45(10)29(38)8/h13-14,16-19,21,26H,11-12,15,20H2,1-10H3,(H,49,50)/t26-/m1/s1. The molecule has 51 heavy (non-hydrogen) atoms. The van der Waals surface area contributed by atoms with E-state index in [9.17, 15) is 9.90 Å². The largest absolute Gasteiger partial charge is 0.494 e. The van der Waals surface area contributed by atoms with E-state index < -0.39 is 5.97 Å². The van der Waals surface area contributed by atoms with Gasteiger partial charge in [0.2, 0.25) is 0 Å². The fourth-order valence-corrected chi connectivity index (χ4v) is 8.19. The first-order valence-corrected chi connectivity index (χ1v) is 17.7. The zero-order valence-electron chi connectivity index (χ0n) is 31.4. The van der Waals surface area contributed by atoms with Gasteiger partial charge in [-0.15, -0.1) is 0 Å². The molecule has 1 atom stereocenters. The Morgan fingerprint density at radius 2 is 1.63 bits per heavy atom. The Bertz CT molecular complexity index is 2400. The second-order valence-electron chi connectivity index (χ2n) is 14.5. The molecule has 0 saturated carbocycles. The molecule has 0 aliphatic carbocycles. The third-order valence-corrected chi connectivity index (χ3v) is 11.1. The highest BCUT2D eigenvalue weighted by Crippen LogP contribution is 2.44. The summed E-state index contributed by atoms with van der Waals surface area (Å²) >= 11 is 0. The molecule has 0 spiro atoms. The van der Waals surface area contributed by atoms with E-state index in [0.29, 0.717) is 30.8 Å². The maximum Gasteiger partial charge on any atom is 0.335 e. The first-order valence-electron chi connectivity index (χ1n) is 17.7. The summed E-state index contributed by atoms with van der Waals surface area (Å²) in [6.07, 6.45) is 3.33. The Balaban J connectivity index is 1.38. The number of carbonyl (C=O) groups is 2. The van der Waals surface area contributed by atoms with Gasteiger partial charge in [-0.05, 0) is 126 Å². The topological polar surface area (TPSA) is 94.5 Å². The quantitative estimate of drug-likeness (QED) is 0.162. The van der Waals surface area contributed by atoms with Crippen LogP contribution in [0, 0.1) is 48.5 Å². The van der Waals surface area contributed by atoms with E-state index in [-0.39, 0.29) is 17.5 Å². The summed E-state index contributed by atoms with van der Waals surface area (Å²) in [5, 5.41) is 16.6. The van der Waals surface area contributed by atoms with Gasteiger partial charge in [0, 0.05) is 60.5 Å². The molecule has 6 aromatic rings. The number of aromatic nitrogens is 4. The van der Waals surface area contributed by atoms with E-state index in [4.69, 9.17) is 9.84 Å². The van der Waals surface area contributed by atoms with Gasteiger partial charge in [-0.1, -0.05) is 12.1 Å². The molecule has 9 nitrogen and oxygen atoms in total. The molecule has 4 heterocycles. The van der Waals surface area contributed by atoms with E-state index in [0.717, 1.165) is 73.3 Å². The number of hydrogen-bond donors (Lipinski definition) is 1. The second-order valence-corrected chi connectivity index (χ2v) is 14.5. The van der Waals surface area contributed by atoms with Crippen molar-refractivity contribution in [3.8, 4) is 16.9 Å². The number of carboxylic acid groups (broad SMARTS) is 1. The van der Waals surface area contributed by atoms with Gasteiger partial charge in [0.15, 0.2) is 0 Å². The van der Waals surface area contributed by atoms with Crippen LogP contribution in [0.5, 0.6) is 5.75 Å². The van der Waals surface area contributed by atoms with Crippen molar-refractivity contribution < 1.29 is 19.4 Å². The van der Waals surface area contributed by atoms with Crippen LogP contribution in [0.25, 0.3) is 32.9 Å². The lowest BCUT2D eigenvalue weighted by atomic mass is 9.94. The maximum atomic E-state index is 15.1. The van der Waals surface area contributed by atoms with Gasteiger partial charge in [0.05, 0.1) is 34.6 Å². The highest BCUT2D eigenvalue weighted by molar-refractivity contribution is 6.16. The highest BCUT2D eigenvalue weighted by atomic mass is 16.5. The zero-order valence-corrected chi connectivity index (χ0v) is 31.4. The minimum absolute atomic E-state index is 0.0683. The first-order chi connectivity index (χ1) is 24.2. The number of anilines is 1. The van der Waals surface area contributed by atoms with Crippen LogP contribution in [0.2, 0.25) is 0 Å². The Kier molecular flexibility index (Phi) is 8.35. The van der Waals surface area contributed by atoms with Gasteiger partial charge in [-0.2, -0.15) is 5.10 Å². The van der Waals surface area contributed by atoms with Crippen LogP contribution in [-0.2, 0) is 20.5 Å². The Hall–Kier alpha value is -5.31. The normalized spacial score (nSPS) is 14.6. The van der Waals surface area contributed by atoms with Crippen LogP contribution in [-0.4, -0.2) is 49.0 Å². The summed E-state index contributed by atoms with van der Waals surface area (Å²) < 4.78 is 12.5. The van der Waals surface area contributed by atoms with Gasteiger partial charge < -0.3 is 23.9 Å². The molecule has 0 fully saturated rings. The van der Waals surface area contributed by atoms with Crippen LogP contribution in [0.15, 0.2) is 42.6 Å². The van der Waals surface area contributed by atoms with Gasteiger partial charge in [0.25, 0.3) is 5.91 Å². The van der Waals surface area contributed by atoms with Crippen LogP contribution >= 0.6 is 0 Å². The number of aryl methyl sites for hydroxylation is 8. The van der Waals surface area contributed by atoms with E-state index in [1.165, 1.54) is 16.7 Å². The number of aromatic carboxylic acids is 1. The van der Waals surface area contributed by atoms with Crippen molar-refractivity contribution >= 4 is 39.4 Å². The summed E-state index contributed by atoms with van der Waals surface area (Å²) in [6.45, 7) is 17.6. The summed E-state index contributed by atoms with van der Waals surface area (Å²) in [5.41, 5.74) is 14.4. The average molecular weight is 686 g/mol. The molecule has 0 saturated heterocycles. The lowest BCUT2D eigenvalue weighted by molar-refractivity contribution is 0.0696. The fourth-order valence-electron chi connectivity index (χ4n) is 8.19. The lowest BCUT2D eigenvalue weighted by Crippen LogP contribution is -2.42. The predicted octanol–water partition coefficient (Wildman–Crippen LogP) is 8.62. The number of nitrogens with zero attached hydrogens (tertiary/aromatic N) is 5. The van der Waals surface area contributed by atoms with E-state index in [1.54, 1.807) is 6.07 Å². The number of rotatable bonds is 8. The molecule has 1 aliphatic heterocycles. The Morgan fingerprint density at radius 1 is 0.922 bits per heavy atom. The third-order valence-electron chi connectivity index (χ3n) is 11.1. The predicted molar refractivity (Wildman–Crippen MR) is 204 cm³/mol. The van der Waals surface area contributed by atoms with Crippen molar-refractivity contribution in [2.24, 2.45) is 14.1 Å². The molecular formula is C42H47N5O4. The van der Waals surface area contributed by atoms with Crippen molar-refractivity contribution in [1.82, 2.24) is 18.9 Å². The number of amides is 1. The van der Waals surface area contributed by atoms with Crippen molar-refractivity contribution in [1.29, 1.82) is 0 Å². The molecule has 9 heteroatoms. The molecular weight excluding hydrogens is 638 g/mol. The van der Waals surface area contributed by atoms with Gasteiger partial charge in [-0.25, -0.2) is 4.79 Å². The fraction of sp³-hybridized carbons (Fsp3) is 0.357.